The van der Waals surface area contributed by atoms with E-state index in [1.807, 2.05) is 24.3 Å². The monoisotopic (exact) mass is 282 g/mol. The first kappa shape index (κ1) is 11.6. The lowest BCUT2D eigenvalue weighted by Crippen LogP contribution is -2.24. The largest absolute Gasteiger partial charge is 0.468 e. The van der Waals surface area contributed by atoms with Gasteiger partial charge in [0.2, 0.25) is 0 Å². The van der Waals surface area contributed by atoms with Crippen molar-refractivity contribution in [1.82, 2.24) is 0 Å². The van der Waals surface area contributed by atoms with Crippen LogP contribution in [-0.2, 0) is 14.9 Å². The van der Waals surface area contributed by atoms with E-state index in [4.69, 9.17) is 4.74 Å². The van der Waals surface area contributed by atoms with Crippen LogP contribution in [0.25, 0.3) is 0 Å². The topological polar surface area (TPSA) is 26.3 Å². The molecule has 3 heteroatoms. The van der Waals surface area contributed by atoms with Crippen LogP contribution < -0.4 is 0 Å². The molecule has 2 nitrogen and oxygen atoms in total. The number of halogens is 1. The second-order valence-corrected chi connectivity index (χ2v) is 5.19. The quantitative estimate of drug-likeness (QED) is 0.796. The van der Waals surface area contributed by atoms with Crippen molar-refractivity contribution in [2.24, 2.45) is 5.92 Å². The fraction of sp³-hybridized carbons (Fsp3) is 0.462. The smallest absolute Gasteiger partial charge is 0.316 e. The molecular formula is C13H15BrO2. The molecule has 0 heterocycles. The standard InChI is InChI=1S/C13H15BrO2/c1-3-9-8-13(9,12(15)16-2)10-4-6-11(14)7-5-10/h4-7,9H,3,8H2,1-2H3. The molecule has 0 radical (unpaired) electrons. The Morgan fingerprint density at radius 1 is 1.50 bits per heavy atom. The van der Waals surface area contributed by atoms with Gasteiger partial charge in [-0.05, 0) is 30.0 Å². The minimum absolute atomic E-state index is 0.0957. The summed E-state index contributed by atoms with van der Waals surface area (Å²) in [4.78, 5) is 11.9. The third-order valence-electron chi connectivity index (χ3n) is 3.51. The summed E-state index contributed by atoms with van der Waals surface area (Å²) in [5, 5.41) is 0. The van der Waals surface area contributed by atoms with E-state index in [2.05, 4.69) is 22.9 Å². The van der Waals surface area contributed by atoms with Crippen molar-refractivity contribution in [3.05, 3.63) is 34.3 Å². The van der Waals surface area contributed by atoms with E-state index in [9.17, 15) is 4.79 Å². The molecule has 0 saturated heterocycles. The van der Waals surface area contributed by atoms with Gasteiger partial charge in [0.05, 0.1) is 12.5 Å². The second-order valence-electron chi connectivity index (χ2n) is 4.28. The molecule has 0 aliphatic heterocycles. The van der Waals surface area contributed by atoms with E-state index >= 15 is 0 Å². The van der Waals surface area contributed by atoms with Crippen LogP contribution in [0, 0.1) is 5.92 Å². The molecule has 1 aliphatic carbocycles. The summed E-state index contributed by atoms with van der Waals surface area (Å²) in [5.41, 5.74) is 0.707. The Bertz CT molecular complexity index is 399. The number of ether oxygens (including phenoxy) is 1. The molecule has 16 heavy (non-hydrogen) atoms. The van der Waals surface area contributed by atoms with Crippen LogP contribution in [0.3, 0.4) is 0 Å². The predicted molar refractivity (Wildman–Crippen MR) is 66.2 cm³/mol. The minimum Gasteiger partial charge on any atom is -0.468 e. The summed E-state index contributed by atoms with van der Waals surface area (Å²) in [6, 6.07) is 7.98. The van der Waals surface area contributed by atoms with Gasteiger partial charge in [0, 0.05) is 4.47 Å². The normalized spacial score (nSPS) is 27.6. The summed E-state index contributed by atoms with van der Waals surface area (Å²) in [6.07, 6.45) is 1.93. The Morgan fingerprint density at radius 3 is 2.56 bits per heavy atom. The molecule has 86 valence electrons. The van der Waals surface area contributed by atoms with Gasteiger partial charge in [-0.3, -0.25) is 4.79 Å². The van der Waals surface area contributed by atoms with Crippen molar-refractivity contribution in [3.8, 4) is 0 Å². The zero-order valence-electron chi connectivity index (χ0n) is 9.50. The highest BCUT2D eigenvalue weighted by Crippen LogP contribution is 2.56. The number of carbonyl (C=O) groups is 1. The molecule has 1 aromatic rings. The predicted octanol–water partition coefficient (Wildman–Crippen LogP) is 3.29. The number of rotatable bonds is 3. The molecule has 2 unspecified atom stereocenters. The lowest BCUT2D eigenvalue weighted by molar-refractivity contribution is -0.144. The fourth-order valence-corrected chi connectivity index (χ4v) is 2.74. The summed E-state index contributed by atoms with van der Waals surface area (Å²) in [7, 11) is 1.47. The Kier molecular flexibility index (Phi) is 3.06. The number of hydrogen-bond donors (Lipinski definition) is 0. The average molecular weight is 283 g/mol. The van der Waals surface area contributed by atoms with E-state index in [1.54, 1.807) is 0 Å². The molecule has 0 amide bonds. The molecule has 0 N–H and O–H groups in total. The molecule has 1 saturated carbocycles. The van der Waals surface area contributed by atoms with E-state index in [0.717, 1.165) is 22.9 Å². The van der Waals surface area contributed by atoms with Crippen molar-refractivity contribution < 1.29 is 9.53 Å². The van der Waals surface area contributed by atoms with Gasteiger partial charge in [0.15, 0.2) is 0 Å². The molecular weight excluding hydrogens is 268 g/mol. The highest BCUT2D eigenvalue weighted by Gasteiger charge is 2.60. The summed E-state index contributed by atoms with van der Waals surface area (Å²) in [6.45, 7) is 2.12. The van der Waals surface area contributed by atoms with Crippen LogP contribution in [0.2, 0.25) is 0 Å². The van der Waals surface area contributed by atoms with Gasteiger partial charge >= 0.3 is 5.97 Å². The first-order chi connectivity index (χ1) is 7.65. The van der Waals surface area contributed by atoms with E-state index in [1.165, 1.54) is 7.11 Å². The molecule has 2 atom stereocenters. The van der Waals surface area contributed by atoms with Gasteiger partial charge in [0.25, 0.3) is 0 Å². The maximum absolute atomic E-state index is 11.9. The SMILES string of the molecule is CCC1CC1(C(=O)OC)c1ccc(Br)cc1. The van der Waals surface area contributed by atoms with E-state index < -0.39 is 0 Å². The Balaban J connectivity index is 2.35. The molecule has 1 aromatic carbocycles. The van der Waals surface area contributed by atoms with Gasteiger partial charge < -0.3 is 4.74 Å². The van der Waals surface area contributed by atoms with E-state index in [0.29, 0.717) is 5.92 Å². The summed E-state index contributed by atoms with van der Waals surface area (Å²) < 4.78 is 5.98. The highest BCUT2D eigenvalue weighted by molar-refractivity contribution is 9.10. The van der Waals surface area contributed by atoms with Crippen LogP contribution >= 0.6 is 15.9 Å². The third-order valence-corrected chi connectivity index (χ3v) is 4.04. The van der Waals surface area contributed by atoms with Crippen LogP contribution in [0.5, 0.6) is 0 Å². The first-order valence-electron chi connectivity index (χ1n) is 5.49. The fourth-order valence-electron chi connectivity index (χ4n) is 2.47. The Labute approximate surface area is 104 Å². The number of hydrogen-bond acceptors (Lipinski definition) is 2. The van der Waals surface area contributed by atoms with Crippen LogP contribution in [-0.4, -0.2) is 13.1 Å². The molecule has 1 fully saturated rings. The molecule has 0 spiro atoms. The van der Waals surface area contributed by atoms with Gasteiger partial charge in [0.1, 0.15) is 0 Å². The first-order valence-corrected chi connectivity index (χ1v) is 6.29. The van der Waals surface area contributed by atoms with Crippen LogP contribution in [0.4, 0.5) is 0 Å². The number of benzene rings is 1. The Morgan fingerprint density at radius 2 is 2.12 bits per heavy atom. The van der Waals surface area contributed by atoms with Gasteiger partial charge in [-0.1, -0.05) is 41.4 Å². The van der Waals surface area contributed by atoms with E-state index in [-0.39, 0.29) is 11.4 Å². The third kappa shape index (κ3) is 1.67. The Hall–Kier alpha value is -0.830. The molecule has 2 rings (SSSR count). The van der Waals surface area contributed by atoms with Crippen molar-refractivity contribution in [2.75, 3.05) is 7.11 Å². The molecule has 1 aliphatic rings. The summed E-state index contributed by atoms with van der Waals surface area (Å²) >= 11 is 3.40. The number of esters is 1. The maximum atomic E-state index is 11.9. The zero-order valence-corrected chi connectivity index (χ0v) is 11.1. The summed E-state index contributed by atoms with van der Waals surface area (Å²) in [5.74, 6) is 0.336. The van der Waals surface area contributed by atoms with Crippen LogP contribution in [0.1, 0.15) is 25.3 Å². The van der Waals surface area contributed by atoms with Gasteiger partial charge in [-0.25, -0.2) is 0 Å². The van der Waals surface area contributed by atoms with Crippen molar-refractivity contribution in [2.45, 2.75) is 25.2 Å². The maximum Gasteiger partial charge on any atom is 0.316 e. The number of carbonyl (C=O) groups excluding carboxylic acids is 1. The van der Waals surface area contributed by atoms with Crippen molar-refractivity contribution in [1.29, 1.82) is 0 Å². The number of methoxy groups -OCH3 is 1. The highest BCUT2D eigenvalue weighted by atomic mass is 79.9. The lowest BCUT2D eigenvalue weighted by atomic mass is 9.92. The second kappa shape index (κ2) is 4.21. The zero-order chi connectivity index (χ0) is 11.8. The van der Waals surface area contributed by atoms with Crippen molar-refractivity contribution >= 4 is 21.9 Å². The van der Waals surface area contributed by atoms with Gasteiger partial charge in [-0.15, -0.1) is 0 Å². The van der Waals surface area contributed by atoms with Crippen LogP contribution in [0.15, 0.2) is 28.7 Å². The van der Waals surface area contributed by atoms with Crippen molar-refractivity contribution in [3.63, 3.8) is 0 Å². The average Bonchev–Trinajstić information content (AvgIpc) is 3.04. The van der Waals surface area contributed by atoms with Gasteiger partial charge in [-0.2, -0.15) is 0 Å². The minimum atomic E-state index is -0.371. The molecule has 0 aromatic heterocycles. The molecule has 0 bridgehead atoms. The lowest BCUT2D eigenvalue weighted by Gasteiger charge is -2.15.